The van der Waals surface area contributed by atoms with Gasteiger partial charge in [0.1, 0.15) is 0 Å². The van der Waals surface area contributed by atoms with Gasteiger partial charge in [-0.1, -0.05) is 35.7 Å². The molecule has 7 heteroatoms. The predicted octanol–water partition coefficient (Wildman–Crippen LogP) is 5.60. The van der Waals surface area contributed by atoms with Crippen molar-refractivity contribution in [1.29, 1.82) is 0 Å². The molecule has 6 nitrogen and oxygen atoms in total. The number of terminal acetylenes is 1. The second-order valence-electron chi connectivity index (χ2n) is 6.81. The minimum Gasteiger partial charge on any atom is -0.381 e. The quantitative estimate of drug-likeness (QED) is 0.366. The smallest absolute Gasteiger partial charge is 0.323 e. The number of hydrogen-bond acceptors (Lipinski definition) is 3. The molecule has 1 heterocycles. The number of benzene rings is 2. The molecule has 0 aliphatic rings. The van der Waals surface area contributed by atoms with Crippen molar-refractivity contribution >= 4 is 34.6 Å². The highest BCUT2D eigenvalue weighted by atomic mass is 35.5. The summed E-state index contributed by atoms with van der Waals surface area (Å²) in [6.45, 7) is 0.436. The van der Waals surface area contributed by atoms with Gasteiger partial charge in [0.05, 0.1) is 18.5 Å². The van der Waals surface area contributed by atoms with Gasteiger partial charge in [0.2, 0.25) is 0 Å². The Balaban J connectivity index is 1.87. The SMILES string of the molecule is C#C/C=C\C(=C/COC)c1cnn(C)c1-c1cccc(NC(=O)Nc2ccc(Cl)cc2)c1. The molecule has 1 aromatic heterocycles. The molecule has 2 aromatic carbocycles. The summed E-state index contributed by atoms with van der Waals surface area (Å²) in [4.78, 5) is 12.4. The molecule has 3 rings (SSSR count). The summed E-state index contributed by atoms with van der Waals surface area (Å²) < 4.78 is 6.98. The number of carbonyl (C=O) groups is 1. The number of anilines is 2. The van der Waals surface area contributed by atoms with Gasteiger partial charge < -0.3 is 15.4 Å². The lowest BCUT2D eigenvalue weighted by Gasteiger charge is -2.11. The van der Waals surface area contributed by atoms with Gasteiger partial charge in [-0.2, -0.15) is 5.10 Å². The third-order valence-electron chi connectivity index (χ3n) is 4.57. The van der Waals surface area contributed by atoms with Gasteiger partial charge in [-0.05, 0) is 54.1 Å². The number of hydrogen-bond donors (Lipinski definition) is 2. The maximum Gasteiger partial charge on any atom is 0.323 e. The molecule has 0 saturated carbocycles. The topological polar surface area (TPSA) is 68.2 Å². The van der Waals surface area contributed by atoms with E-state index in [1.165, 1.54) is 0 Å². The van der Waals surface area contributed by atoms with Crippen LogP contribution >= 0.6 is 11.6 Å². The van der Waals surface area contributed by atoms with E-state index in [-0.39, 0.29) is 6.03 Å². The molecule has 0 aliphatic carbocycles. The number of amides is 2. The zero-order chi connectivity index (χ0) is 22.9. The average molecular weight is 447 g/mol. The Hall–Kier alpha value is -3.79. The first-order chi connectivity index (χ1) is 15.5. The predicted molar refractivity (Wildman–Crippen MR) is 131 cm³/mol. The first-order valence-corrected chi connectivity index (χ1v) is 10.2. The Morgan fingerprint density at radius 1 is 1.22 bits per heavy atom. The van der Waals surface area contributed by atoms with Crippen LogP contribution in [0.2, 0.25) is 5.02 Å². The molecular formula is C25H23ClN4O2. The number of nitrogens with one attached hydrogen (secondary N) is 2. The summed E-state index contributed by atoms with van der Waals surface area (Å²) in [6.07, 6.45) is 12.6. The summed E-state index contributed by atoms with van der Waals surface area (Å²) >= 11 is 5.89. The summed E-state index contributed by atoms with van der Waals surface area (Å²) in [5, 5.41) is 10.7. The highest BCUT2D eigenvalue weighted by Gasteiger charge is 2.14. The fourth-order valence-corrected chi connectivity index (χ4v) is 3.27. The number of urea groups is 1. The van der Waals surface area contributed by atoms with Gasteiger partial charge in [-0.25, -0.2) is 4.79 Å². The Labute approximate surface area is 192 Å². The van der Waals surface area contributed by atoms with Crippen molar-refractivity contribution in [1.82, 2.24) is 9.78 Å². The van der Waals surface area contributed by atoms with Crippen molar-refractivity contribution in [3.63, 3.8) is 0 Å². The van der Waals surface area contributed by atoms with Gasteiger partial charge in [-0.3, -0.25) is 4.68 Å². The monoisotopic (exact) mass is 446 g/mol. The van der Waals surface area contributed by atoms with Crippen LogP contribution in [0.3, 0.4) is 0 Å². The molecule has 0 aliphatic heterocycles. The lowest BCUT2D eigenvalue weighted by molar-refractivity contribution is 0.234. The van der Waals surface area contributed by atoms with Crippen molar-refractivity contribution < 1.29 is 9.53 Å². The zero-order valence-electron chi connectivity index (χ0n) is 17.8. The summed E-state index contributed by atoms with van der Waals surface area (Å²) in [7, 11) is 3.50. The van der Waals surface area contributed by atoms with Crippen LogP contribution in [0.5, 0.6) is 0 Å². The standard InChI is InChI=1S/C25H23ClN4O2/c1-4-5-7-18(14-15-32-3)23-17-27-30(2)24(23)19-8-6-9-22(16-19)29-25(31)28-21-12-10-20(26)11-13-21/h1,5-14,16-17H,15H2,2-3H3,(H2,28,29,31)/b7-5-,18-14+. The van der Waals surface area contributed by atoms with Gasteiger partial charge in [0, 0.05) is 41.7 Å². The molecule has 0 bridgehead atoms. The Kier molecular flexibility index (Phi) is 7.87. The van der Waals surface area contributed by atoms with E-state index in [0.717, 1.165) is 22.4 Å². The van der Waals surface area contributed by atoms with E-state index in [1.807, 2.05) is 43.5 Å². The molecule has 2 N–H and O–H groups in total. The van der Waals surface area contributed by atoms with Gasteiger partial charge in [-0.15, -0.1) is 6.42 Å². The van der Waals surface area contributed by atoms with Crippen molar-refractivity contribution in [2.45, 2.75) is 0 Å². The third kappa shape index (κ3) is 5.88. The van der Waals surface area contributed by atoms with E-state index in [9.17, 15) is 4.79 Å². The van der Waals surface area contributed by atoms with E-state index >= 15 is 0 Å². The Morgan fingerprint density at radius 2 is 1.97 bits per heavy atom. The van der Waals surface area contributed by atoms with Crippen LogP contribution in [0, 0.1) is 12.3 Å². The van der Waals surface area contributed by atoms with Crippen LogP contribution in [0.4, 0.5) is 16.2 Å². The van der Waals surface area contributed by atoms with Gasteiger partial charge in [0.25, 0.3) is 0 Å². The maximum atomic E-state index is 12.4. The lowest BCUT2D eigenvalue weighted by atomic mass is 10.0. The molecule has 0 radical (unpaired) electrons. The van der Waals surface area contributed by atoms with Gasteiger partial charge >= 0.3 is 6.03 Å². The van der Waals surface area contributed by atoms with Crippen LogP contribution in [-0.2, 0) is 11.8 Å². The fourth-order valence-electron chi connectivity index (χ4n) is 3.14. The van der Waals surface area contributed by atoms with Crippen LogP contribution in [0.15, 0.2) is 73.0 Å². The normalized spacial score (nSPS) is 11.4. The van der Waals surface area contributed by atoms with Crippen molar-refractivity contribution in [3.05, 3.63) is 83.5 Å². The highest BCUT2D eigenvalue weighted by molar-refractivity contribution is 6.30. The Bertz CT molecular complexity index is 1190. The number of ether oxygens (including phenoxy) is 1. The summed E-state index contributed by atoms with van der Waals surface area (Å²) in [6, 6.07) is 14.1. The van der Waals surface area contributed by atoms with Crippen molar-refractivity contribution in [2.75, 3.05) is 24.4 Å². The molecular weight excluding hydrogens is 424 g/mol. The summed E-state index contributed by atoms with van der Waals surface area (Å²) in [5.74, 6) is 2.51. The number of allylic oxidation sites excluding steroid dienone is 3. The molecule has 2 amide bonds. The molecule has 32 heavy (non-hydrogen) atoms. The Morgan fingerprint density at radius 3 is 2.69 bits per heavy atom. The number of halogens is 1. The number of nitrogens with zero attached hydrogens (tertiary/aromatic N) is 2. The second kappa shape index (κ2) is 11.0. The van der Waals surface area contributed by atoms with E-state index in [4.69, 9.17) is 22.8 Å². The number of carbonyl (C=O) groups excluding carboxylic acids is 1. The molecule has 0 fully saturated rings. The first kappa shape index (κ1) is 22.9. The molecule has 0 atom stereocenters. The van der Waals surface area contributed by atoms with E-state index in [2.05, 4.69) is 21.7 Å². The highest BCUT2D eigenvalue weighted by Crippen LogP contribution is 2.31. The van der Waals surface area contributed by atoms with E-state index < -0.39 is 0 Å². The molecule has 0 spiro atoms. The number of aryl methyl sites for hydroxylation is 1. The van der Waals surface area contributed by atoms with Crippen molar-refractivity contribution in [2.24, 2.45) is 7.05 Å². The molecule has 3 aromatic rings. The lowest BCUT2D eigenvalue weighted by Crippen LogP contribution is -2.19. The average Bonchev–Trinajstić information content (AvgIpc) is 3.17. The summed E-state index contributed by atoms with van der Waals surface area (Å²) in [5.41, 5.74) is 4.86. The van der Waals surface area contributed by atoms with Crippen LogP contribution in [0.1, 0.15) is 5.56 Å². The zero-order valence-corrected chi connectivity index (χ0v) is 18.6. The van der Waals surface area contributed by atoms with Crippen LogP contribution in [-0.4, -0.2) is 29.5 Å². The van der Waals surface area contributed by atoms with Crippen LogP contribution < -0.4 is 10.6 Å². The van der Waals surface area contributed by atoms with Gasteiger partial charge in [0.15, 0.2) is 0 Å². The van der Waals surface area contributed by atoms with Crippen LogP contribution in [0.25, 0.3) is 16.8 Å². The fraction of sp³-hybridized carbons (Fsp3) is 0.120. The minimum absolute atomic E-state index is 0.354. The largest absolute Gasteiger partial charge is 0.381 e. The number of aromatic nitrogens is 2. The molecule has 0 saturated heterocycles. The first-order valence-electron chi connectivity index (χ1n) is 9.80. The maximum absolute atomic E-state index is 12.4. The third-order valence-corrected chi connectivity index (χ3v) is 4.83. The molecule has 0 unspecified atom stereocenters. The minimum atomic E-state index is -0.354. The second-order valence-corrected chi connectivity index (χ2v) is 7.25. The number of rotatable bonds is 7. The number of methoxy groups -OCH3 is 1. The van der Waals surface area contributed by atoms with E-state index in [1.54, 1.807) is 48.3 Å². The molecule has 162 valence electrons. The van der Waals surface area contributed by atoms with E-state index in [0.29, 0.717) is 23.0 Å². The van der Waals surface area contributed by atoms with Crippen molar-refractivity contribution in [3.8, 4) is 23.6 Å².